The summed E-state index contributed by atoms with van der Waals surface area (Å²) >= 11 is 0. The second kappa shape index (κ2) is 7.40. The molecule has 0 spiro atoms. The van der Waals surface area contributed by atoms with E-state index in [9.17, 15) is 13.9 Å². The summed E-state index contributed by atoms with van der Waals surface area (Å²) < 4.78 is 40.3. The maximum Gasteiger partial charge on any atom is 0.208 e. The van der Waals surface area contributed by atoms with Gasteiger partial charge >= 0.3 is 0 Å². The van der Waals surface area contributed by atoms with E-state index in [1.54, 1.807) is 25.1 Å². The lowest BCUT2D eigenvalue weighted by atomic mass is 10.0. The van der Waals surface area contributed by atoms with Crippen molar-refractivity contribution in [3.63, 3.8) is 0 Å². The molecule has 1 heterocycles. The quantitative estimate of drug-likeness (QED) is 0.542. The Balaban J connectivity index is 2.04. The molecule has 0 aliphatic rings. The van der Waals surface area contributed by atoms with Crippen LogP contribution >= 0.6 is 0 Å². The van der Waals surface area contributed by atoms with Gasteiger partial charge in [-0.05, 0) is 31.0 Å². The highest BCUT2D eigenvalue weighted by molar-refractivity contribution is 6.05. The van der Waals surface area contributed by atoms with E-state index >= 15 is 0 Å². The zero-order chi connectivity index (χ0) is 18.0. The SMILES string of the molecule is CCCCCOc1ccc2c(oc3c(F)c([C@@H](O)CC)ccc32)c1F. The molecule has 0 bridgehead atoms. The Hall–Kier alpha value is -2.14. The molecule has 0 amide bonds. The van der Waals surface area contributed by atoms with Crippen LogP contribution in [-0.4, -0.2) is 11.7 Å². The van der Waals surface area contributed by atoms with E-state index in [1.807, 2.05) is 0 Å². The third-order valence-electron chi connectivity index (χ3n) is 4.43. The number of hydrogen-bond donors (Lipinski definition) is 1. The van der Waals surface area contributed by atoms with Crippen LogP contribution in [0.25, 0.3) is 21.9 Å². The summed E-state index contributed by atoms with van der Waals surface area (Å²) in [4.78, 5) is 0. The molecule has 1 aromatic heterocycles. The minimum Gasteiger partial charge on any atom is -0.490 e. The van der Waals surface area contributed by atoms with E-state index in [-0.39, 0.29) is 22.5 Å². The molecule has 3 aromatic rings. The Morgan fingerprint density at radius 3 is 2.36 bits per heavy atom. The molecule has 0 unspecified atom stereocenters. The van der Waals surface area contributed by atoms with Crippen molar-refractivity contribution in [2.75, 3.05) is 6.61 Å². The monoisotopic (exact) mass is 348 g/mol. The molecule has 0 saturated carbocycles. The maximum absolute atomic E-state index is 14.7. The van der Waals surface area contributed by atoms with Crippen LogP contribution in [0.5, 0.6) is 5.75 Å². The molecule has 1 N–H and O–H groups in total. The predicted molar refractivity (Wildman–Crippen MR) is 93.9 cm³/mol. The van der Waals surface area contributed by atoms with Gasteiger partial charge in [0, 0.05) is 16.3 Å². The minimum absolute atomic E-state index is 0.0231. The molecule has 25 heavy (non-hydrogen) atoms. The highest BCUT2D eigenvalue weighted by atomic mass is 19.1. The number of aliphatic hydroxyl groups excluding tert-OH is 1. The fourth-order valence-corrected chi connectivity index (χ4v) is 2.96. The minimum atomic E-state index is -0.917. The zero-order valence-electron chi connectivity index (χ0n) is 14.4. The van der Waals surface area contributed by atoms with Crippen molar-refractivity contribution in [1.29, 1.82) is 0 Å². The number of benzene rings is 2. The van der Waals surface area contributed by atoms with Gasteiger partial charge in [0.15, 0.2) is 22.7 Å². The van der Waals surface area contributed by atoms with E-state index < -0.39 is 17.7 Å². The van der Waals surface area contributed by atoms with Gasteiger partial charge in [0.25, 0.3) is 0 Å². The molecule has 0 aliphatic heterocycles. The number of unbranched alkanes of at least 4 members (excludes halogenated alkanes) is 2. The summed E-state index contributed by atoms with van der Waals surface area (Å²) in [7, 11) is 0. The highest BCUT2D eigenvalue weighted by Gasteiger charge is 2.21. The maximum atomic E-state index is 14.7. The summed E-state index contributed by atoms with van der Waals surface area (Å²) in [6.45, 7) is 4.27. The molecule has 0 fully saturated rings. The first kappa shape index (κ1) is 17.7. The normalized spacial score (nSPS) is 12.8. The fourth-order valence-electron chi connectivity index (χ4n) is 2.96. The summed E-state index contributed by atoms with van der Waals surface area (Å²) in [5, 5.41) is 10.9. The van der Waals surface area contributed by atoms with Crippen LogP contribution in [0.3, 0.4) is 0 Å². The average Bonchev–Trinajstić information content (AvgIpc) is 3.00. The van der Waals surface area contributed by atoms with Gasteiger partial charge in [-0.25, -0.2) is 4.39 Å². The van der Waals surface area contributed by atoms with Crippen molar-refractivity contribution >= 4 is 21.9 Å². The Morgan fingerprint density at radius 2 is 1.68 bits per heavy atom. The number of halogens is 2. The first-order chi connectivity index (χ1) is 12.1. The summed E-state index contributed by atoms with van der Waals surface area (Å²) in [6, 6.07) is 6.40. The Morgan fingerprint density at radius 1 is 1.00 bits per heavy atom. The van der Waals surface area contributed by atoms with E-state index in [2.05, 4.69) is 6.92 Å². The van der Waals surface area contributed by atoms with Crippen LogP contribution in [0, 0.1) is 11.6 Å². The smallest absolute Gasteiger partial charge is 0.208 e. The molecule has 0 aliphatic carbocycles. The van der Waals surface area contributed by atoms with Crippen LogP contribution in [0.2, 0.25) is 0 Å². The standard InChI is InChI=1S/C20H22F2O3/c1-3-5-6-11-24-16-10-9-13-12-7-8-14(15(23)4-2)17(21)19(12)25-20(13)18(16)22/h7-10,15,23H,3-6,11H2,1-2H3/t15-/m0/s1. The molecule has 0 saturated heterocycles. The van der Waals surface area contributed by atoms with E-state index in [0.717, 1.165) is 19.3 Å². The van der Waals surface area contributed by atoms with Crippen molar-refractivity contribution < 1.29 is 23.0 Å². The third-order valence-corrected chi connectivity index (χ3v) is 4.43. The van der Waals surface area contributed by atoms with E-state index in [0.29, 0.717) is 23.8 Å². The second-order valence-corrected chi connectivity index (χ2v) is 6.18. The Kier molecular flexibility index (Phi) is 5.23. The number of furan rings is 1. The first-order valence-electron chi connectivity index (χ1n) is 8.72. The molecule has 134 valence electrons. The predicted octanol–water partition coefficient (Wildman–Crippen LogP) is 5.88. The van der Waals surface area contributed by atoms with Crippen LogP contribution in [0.4, 0.5) is 8.78 Å². The van der Waals surface area contributed by atoms with Crippen molar-refractivity contribution in [2.24, 2.45) is 0 Å². The number of rotatable bonds is 7. The first-order valence-corrected chi connectivity index (χ1v) is 8.72. The Bertz CT molecular complexity index is 886. The molecule has 3 rings (SSSR count). The van der Waals surface area contributed by atoms with Crippen molar-refractivity contribution in [1.82, 2.24) is 0 Å². The average molecular weight is 348 g/mol. The molecule has 0 radical (unpaired) electrons. The summed E-state index contributed by atoms with van der Waals surface area (Å²) in [6.07, 6.45) is 2.38. The number of fused-ring (bicyclic) bond motifs is 3. The van der Waals surface area contributed by atoms with Gasteiger partial charge < -0.3 is 14.3 Å². The lowest BCUT2D eigenvalue weighted by molar-refractivity contribution is 0.169. The largest absolute Gasteiger partial charge is 0.490 e. The number of hydrogen-bond acceptors (Lipinski definition) is 3. The van der Waals surface area contributed by atoms with Gasteiger partial charge in [-0.15, -0.1) is 0 Å². The summed E-state index contributed by atoms with van der Waals surface area (Å²) in [5.41, 5.74) is 0.0950. The molecule has 2 aromatic carbocycles. The molecule has 5 heteroatoms. The molecule has 3 nitrogen and oxygen atoms in total. The zero-order valence-corrected chi connectivity index (χ0v) is 14.4. The van der Waals surface area contributed by atoms with Crippen molar-refractivity contribution in [2.45, 2.75) is 45.6 Å². The molecular weight excluding hydrogens is 326 g/mol. The van der Waals surface area contributed by atoms with E-state index in [1.165, 1.54) is 6.07 Å². The highest BCUT2D eigenvalue weighted by Crippen LogP contribution is 2.37. The number of ether oxygens (including phenoxy) is 1. The van der Waals surface area contributed by atoms with Gasteiger partial charge in [-0.1, -0.05) is 32.8 Å². The van der Waals surface area contributed by atoms with E-state index in [4.69, 9.17) is 9.15 Å². The second-order valence-electron chi connectivity index (χ2n) is 6.18. The van der Waals surface area contributed by atoms with Gasteiger partial charge in [-0.3, -0.25) is 0 Å². The van der Waals surface area contributed by atoms with Crippen LogP contribution in [0.1, 0.15) is 51.2 Å². The van der Waals surface area contributed by atoms with Gasteiger partial charge in [0.1, 0.15) is 0 Å². The third kappa shape index (κ3) is 3.21. The lowest BCUT2D eigenvalue weighted by Crippen LogP contribution is -1.99. The van der Waals surface area contributed by atoms with Gasteiger partial charge in [0.05, 0.1) is 12.7 Å². The van der Waals surface area contributed by atoms with Crippen molar-refractivity contribution in [3.8, 4) is 5.75 Å². The van der Waals surface area contributed by atoms with Crippen molar-refractivity contribution in [3.05, 3.63) is 41.5 Å². The van der Waals surface area contributed by atoms with Crippen LogP contribution in [-0.2, 0) is 0 Å². The summed E-state index contributed by atoms with van der Waals surface area (Å²) in [5.74, 6) is -1.16. The fraction of sp³-hybridized carbons (Fsp3) is 0.400. The molecule has 1 atom stereocenters. The molecular formula is C20H22F2O3. The topological polar surface area (TPSA) is 42.6 Å². The number of aliphatic hydroxyl groups is 1. The van der Waals surface area contributed by atoms with Gasteiger partial charge in [-0.2, -0.15) is 4.39 Å². The Labute approximate surface area is 145 Å². The van der Waals surface area contributed by atoms with Crippen LogP contribution in [0.15, 0.2) is 28.7 Å². The van der Waals surface area contributed by atoms with Gasteiger partial charge in [0.2, 0.25) is 5.82 Å². The van der Waals surface area contributed by atoms with Crippen LogP contribution < -0.4 is 4.74 Å². The lowest BCUT2D eigenvalue weighted by Gasteiger charge is -2.08.